The molecule has 0 aliphatic carbocycles. The van der Waals surface area contributed by atoms with E-state index in [1.165, 1.54) is 11.1 Å². The van der Waals surface area contributed by atoms with Crippen molar-refractivity contribution in [2.45, 2.75) is 32.7 Å². The topological polar surface area (TPSA) is 20.3 Å². The summed E-state index contributed by atoms with van der Waals surface area (Å²) >= 11 is 0. The van der Waals surface area contributed by atoms with Crippen LogP contribution in [0.4, 0.5) is 5.69 Å². The Bertz CT molecular complexity index is 702. The summed E-state index contributed by atoms with van der Waals surface area (Å²) in [6.45, 7) is 2.76. The number of para-hydroxylation sites is 1. The molecule has 0 bridgehead atoms. The van der Waals surface area contributed by atoms with Gasteiger partial charge in [-0.15, -0.1) is 0 Å². The number of nitrogens with zero attached hydrogens (tertiary/aromatic N) is 1. The first-order valence-electron chi connectivity index (χ1n) is 7.95. The number of fused-ring (bicyclic) bond motifs is 2. The maximum absolute atomic E-state index is 12.7. The number of benzene rings is 2. The Labute approximate surface area is 132 Å². The van der Waals surface area contributed by atoms with E-state index in [1.807, 2.05) is 35.2 Å². The molecule has 1 aliphatic heterocycles. The van der Waals surface area contributed by atoms with Crippen molar-refractivity contribution in [1.29, 1.82) is 0 Å². The SMILES string of the molecule is CCCCC(=O)N1Cc2ccccc2/C=C\c2ccccc21. The van der Waals surface area contributed by atoms with Crippen LogP contribution in [0.1, 0.15) is 42.9 Å². The van der Waals surface area contributed by atoms with Crippen LogP contribution in [0.3, 0.4) is 0 Å². The summed E-state index contributed by atoms with van der Waals surface area (Å²) in [6, 6.07) is 16.4. The van der Waals surface area contributed by atoms with Gasteiger partial charge in [0.05, 0.1) is 12.2 Å². The number of hydrogen-bond acceptors (Lipinski definition) is 1. The van der Waals surface area contributed by atoms with Gasteiger partial charge < -0.3 is 4.90 Å². The number of amides is 1. The van der Waals surface area contributed by atoms with E-state index in [4.69, 9.17) is 0 Å². The molecule has 0 spiro atoms. The van der Waals surface area contributed by atoms with E-state index in [1.54, 1.807) is 0 Å². The molecule has 1 aliphatic rings. The third kappa shape index (κ3) is 2.96. The average Bonchev–Trinajstić information content (AvgIpc) is 2.55. The van der Waals surface area contributed by atoms with Gasteiger partial charge in [-0.05, 0) is 29.2 Å². The molecule has 1 amide bonds. The van der Waals surface area contributed by atoms with Crippen molar-refractivity contribution in [1.82, 2.24) is 0 Å². The first-order chi connectivity index (χ1) is 10.8. The Balaban J connectivity index is 2.05. The molecule has 3 rings (SSSR count). The minimum Gasteiger partial charge on any atom is -0.307 e. The standard InChI is InChI=1S/C20H21NO/c1-2-3-12-20(22)21-15-18-10-5-4-8-16(18)13-14-17-9-6-7-11-19(17)21/h4-11,13-14H,2-3,12,15H2,1H3/b14-13-. The van der Waals surface area contributed by atoms with Crippen molar-refractivity contribution in [2.24, 2.45) is 0 Å². The van der Waals surface area contributed by atoms with Crippen molar-refractivity contribution in [3.63, 3.8) is 0 Å². The van der Waals surface area contributed by atoms with Crippen LogP contribution in [0.25, 0.3) is 12.2 Å². The number of rotatable bonds is 3. The number of carbonyl (C=O) groups excluding carboxylic acids is 1. The maximum atomic E-state index is 12.7. The van der Waals surface area contributed by atoms with Gasteiger partial charge in [0.1, 0.15) is 0 Å². The molecule has 0 radical (unpaired) electrons. The lowest BCUT2D eigenvalue weighted by Gasteiger charge is -2.27. The van der Waals surface area contributed by atoms with E-state index in [2.05, 4.69) is 37.3 Å². The first kappa shape index (κ1) is 14.6. The van der Waals surface area contributed by atoms with Crippen molar-refractivity contribution >= 4 is 23.7 Å². The second kappa shape index (κ2) is 6.61. The molecule has 0 N–H and O–H groups in total. The molecule has 0 saturated carbocycles. The Kier molecular flexibility index (Phi) is 4.38. The molecule has 2 aromatic rings. The third-order valence-corrected chi connectivity index (χ3v) is 4.10. The lowest BCUT2D eigenvalue weighted by atomic mass is 10.0. The van der Waals surface area contributed by atoms with E-state index in [9.17, 15) is 4.79 Å². The smallest absolute Gasteiger partial charge is 0.227 e. The fourth-order valence-corrected chi connectivity index (χ4v) is 2.84. The highest BCUT2D eigenvalue weighted by atomic mass is 16.2. The van der Waals surface area contributed by atoms with Crippen LogP contribution in [0.15, 0.2) is 48.5 Å². The summed E-state index contributed by atoms with van der Waals surface area (Å²) in [4.78, 5) is 14.6. The zero-order chi connectivity index (χ0) is 15.4. The molecule has 0 fully saturated rings. The van der Waals surface area contributed by atoms with E-state index in [0.717, 1.165) is 24.1 Å². The molecule has 0 atom stereocenters. The second-order valence-corrected chi connectivity index (χ2v) is 5.67. The molecule has 22 heavy (non-hydrogen) atoms. The quantitative estimate of drug-likeness (QED) is 0.788. The lowest BCUT2D eigenvalue weighted by Crippen LogP contribution is -2.31. The van der Waals surface area contributed by atoms with Crippen molar-refractivity contribution in [3.05, 3.63) is 65.2 Å². The first-order valence-corrected chi connectivity index (χ1v) is 7.95. The molecule has 0 unspecified atom stereocenters. The minimum absolute atomic E-state index is 0.208. The van der Waals surface area contributed by atoms with E-state index < -0.39 is 0 Å². The molecule has 2 nitrogen and oxygen atoms in total. The molecule has 0 aromatic heterocycles. The van der Waals surface area contributed by atoms with Crippen LogP contribution in [0, 0.1) is 0 Å². The van der Waals surface area contributed by atoms with Gasteiger partial charge in [-0.3, -0.25) is 4.79 Å². The summed E-state index contributed by atoms with van der Waals surface area (Å²) in [5.41, 5.74) is 4.49. The zero-order valence-electron chi connectivity index (χ0n) is 13.0. The zero-order valence-corrected chi connectivity index (χ0v) is 13.0. The summed E-state index contributed by atoms with van der Waals surface area (Å²) in [7, 11) is 0. The van der Waals surface area contributed by atoms with Gasteiger partial charge in [0.15, 0.2) is 0 Å². The van der Waals surface area contributed by atoms with Crippen LogP contribution in [-0.4, -0.2) is 5.91 Å². The highest BCUT2D eigenvalue weighted by Crippen LogP contribution is 2.29. The number of unbranched alkanes of at least 4 members (excludes halogenated alkanes) is 1. The van der Waals surface area contributed by atoms with Gasteiger partial charge in [-0.2, -0.15) is 0 Å². The predicted molar refractivity (Wildman–Crippen MR) is 92.5 cm³/mol. The van der Waals surface area contributed by atoms with Crippen molar-refractivity contribution in [2.75, 3.05) is 4.90 Å². The molecule has 112 valence electrons. The number of hydrogen-bond donors (Lipinski definition) is 0. The summed E-state index contributed by atoms with van der Waals surface area (Å²) < 4.78 is 0. The Morgan fingerprint density at radius 3 is 2.50 bits per heavy atom. The summed E-state index contributed by atoms with van der Waals surface area (Å²) in [6.07, 6.45) is 6.83. The van der Waals surface area contributed by atoms with Crippen LogP contribution in [-0.2, 0) is 11.3 Å². The van der Waals surface area contributed by atoms with E-state index in [-0.39, 0.29) is 5.91 Å². The fourth-order valence-electron chi connectivity index (χ4n) is 2.84. The van der Waals surface area contributed by atoms with Crippen molar-refractivity contribution in [3.8, 4) is 0 Å². The summed E-state index contributed by atoms with van der Waals surface area (Å²) in [5, 5.41) is 0. The molecule has 0 saturated heterocycles. The predicted octanol–water partition coefficient (Wildman–Crippen LogP) is 4.89. The van der Waals surface area contributed by atoms with E-state index in [0.29, 0.717) is 13.0 Å². The monoisotopic (exact) mass is 291 g/mol. The second-order valence-electron chi connectivity index (χ2n) is 5.67. The van der Waals surface area contributed by atoms with Crippen LogP contribution < -0.4 is 4.90 Å². The Morgan fingerprint density at radius 2 is 1.68 bits per heavy atom. The minimum atomic E-state index is 0.208. The number of anilines is 1. The molecular weight excluding hydrogens is 270 g/mol. The van der Waals surface area contributed by atoms with Gasteiger partial charge in [-0.25, -0.2) is 0 Å². The largest absolute Gasteiger partial charge is 0.307 e. The molecular formula is C20H21NO. The Morgan fingerprint density at radius 1 is 1.00 bits per heavy atom. The van der Waals surface area contributed by atoms with E-state index >= 15 is 0 Å². The highest BCUT2D eigenvalue weighted by molar-refractivity contribution is 5.97. The average molecular weight is 291 g/mol. The molecule has 2 aromatic carbocycles. The fraction of sp³-hybridized carbons (Fsp3) is 0.250. The van der Waals surface area contributed by atoms with Crippen molar-refractivity contribution < 1.29 is 4.79 Å². The van der Waals surface area contributed by atoms with Crippen LogP contribution >= 0.6 is 0 Å². The highest BCUT2D eigenvalue weighted by Gasteiger charge is 2.20. The Hall–Kier alpha value is -2.35. The lowest BCUT2D eigenvalue weighted by molar-refractivity contribution is -0.118. The normalized spacial score (nSPS) is 14.5. The van der Waals surface area contributed by atoms with Gasteiger partial charge in [0.2, 0.25) is 5.91 Å². The summed E-state index contributed by atoms with van der Waals surface area (Å²) in [5.74, 6) is 0.208. The van der Waals surface area contributed by atoms with Gasteiger partial charge in [0.25, 0.3) is 0 Å². The third-order valence-electron chi connectivity index (χ3n) is 4.10. The molecule has 2 heteroatoms. The number of carbonyl (C=O) groups is 1. The molecule has 1 heterocycles. The van der Waals surface area contributed by atoms with Gasteiger partial charge in [-0.1, -0.05) is 68.0 Å². The van der Waals surface area contributed by atoms with Gasteiger partial charge in [0, 0.05) is 6.42 Å². The van der Waals surface area contributed by atoms with Gasteiger partial charge >= 0.3 is 0 Å². The van der Waals surface area contributed by atoms with Crippen LogP contribution in [0.2, 0.25) is 0 Å². The maximum Gasteiger partial charge on any atom is 0.227 e. The van der Waals surface area contributed by atoms with Crippen LogP contribution in [0.5, 0.6) is 0 Å².